The van der Waals surface area contributed by atoms with Gasteiger partial charge in [-0.05, 0) is 13.0 Å². The maximum atomic E-state index is 13.2. The Hall–Kier alpha value is -1.45. The molecule has 0 amide bonds. The molecule has 2 rings (SSSR count). The normalized spacial score (nSPS) is 10.9. The standard InChI is InChI=1S/C8H6F2N2/c1-4-6(9)2-7-5(8(4)10)3-11-12-7/h2-3H,1H3,(H,11,12). The highest BCUT2D eigenvalue weighted by molar-refractivity contribution is 5.79. The fourth-order valence-electron chi connectivity index (χ4n) is 1.12. The van der Waals surface area contributed by atoms with Crippen LogP contribution in [-0.4, -0.2) is 10.2 Å². The first-order valence-corrected chi connectivity index (χ1v) is 3.48. The van der Waals surface area contributed by atoms with Gasteiger partial charge in [0.15, 0.2) is 0 Å². The molecule has 0 fully saturated rings. The van der Waals surface area contributed by atoms with E-state index in [1.165, 1.54) is 19.2 Å². The highest BCUT2D eigenvalue weighted by Gasteiger charge is 2.10. The first-order chi connectivity index (χ1) is 5.70. The van der Waals surface area contributed by atoms with Crippen LogP contribution >= 0.6 is 0 Å². The first-order valence-electron chi connectivity index (χ1n) is 3.48. The number of hydrogen-bond donors (Lipinski definition) is 1. The third-order valence-electron chi connectivity index (χ3n) is 1.86. The highest BCUT2D eigenvalue weighted by Crippen LogP contribution is 2.20. The maximum absolute atomic E-state index is 13.2. The summed E-state index contributed by atoms with van der Waals surface area (Å²) in [6, 6.07) is 1.24. The number of benzene rings is 1. The predicted molar refractivity (Wildman–Crippen MR) is 40.7 cm³/mol. The molecule has 0 saturated carbocycles. The zero-order valence-corrected chi connectivity index (χ0v) is 6.36. The van der Waals surface area contributed by atoms with Crippen LogP contribution < -0.4 is 0 Å². The van der Waals surface area contributed by atoms with Gasteiger partial charge >= 0.3 is 0 Å². The number of fused-ring (bicyclic) bond motifs is 1. The van der Waals surface area contributed by atoms with Gasteiger partial charge in [0.2, 0.25) is 0 Å². The zero-order valence-electron chi connectivity index (χ0n) is 6.36. The van der Waals surface area contributed by atoms with E-state index in [9.17, 15) is 8.78 Å². The summed E-state index contributed by atoms with van der Waals surface area (Å²) >= 11 is 0. The number of hydrogen-bond acceptors (Lipinski definition) is 1. The average Bonchev–Trinajstić information content (AvgIpc) is 2.48. The van der Waals surface area contributed by atoms with Crippen molar-refractivity contribution in [1.29, 1.82) is 0 Å². The molecule has 0 bridgehead atoms. The van der Waals surface area contributed by atoms with E-state index >= 15 is 0 Å². The van der Waals surface area contributed by atoms with Crippen molar-refractivity contribution in [1.82, 2.24) is 10.2 Å². The van der Waals surface area contributed by atoms with Crippen molar-refractivity contribution in [3.05, 3.63) is 29.5 Å². The van der Waals surface area contributed by atoms with Crippen LogP contribution in [0.4, 0.5) is 8.78 Å². The van der Waals surface area contributed by atoms with E-state index in [0.717, 1.165) is 0 Å². The van der Waals surface area contributed by atoms with Crippen LogP contribution in [0.3, 0.4) is 0 Å². The van der Waals surface area contributed by atoms with E-state index in [4.69, 9.17) is 0 Å². The zero-order chi connectivity index (χ0) is 8.72. The Balaban J connectivity index is 2.94. The first kappa shape index (κ1) is 7.21. The predicted octanol–water partition coefficient (Wildman–Crippen LogP) is 2.15. The fraction of sp³-hybridized carbons (Fsp3) is 0.125. The molecule has 2 nitrogen and oxygen atoms in total. The molecule has 0 saturated heterocycles. The van der Waals surface area contributed by atoms with E-state index in [0.29, 0.717) is 10.9 Å². The number of halogens is 2. The van der Waals surface area contributed by atoms with Crippen molar-refractivity contribution in [2.24, 2.45) is 0 Å². The Morgan fingerprint density at radius 2 is 2.17 bits per heavy atom. The highest BCUT2D eigenvalue weighted by atomic mass is 19.1. The minimum absolute atomic E-state index is 0.0314. The Kier molecular flexibility index (Phi) is 1.36. The van der Waals surface area contributed by atoms with Crippen LogP contribution in [-0.2, 0) is 0 Å². The molecule has 0 radical (unpaired) electrons. The summed E-state index contributed by atoms with van der Waals surface area (Å²) < 4.78 is 26.1. The van der Waals surface area contributed by atoms with E-state index < -0.39 is 11.6 Å². The summed E-state index contributed by atoms with van der Waals surface area (Å²) in [5, 5.41) is 6.44. The molecule has 0 aliphatic carbocycles. The van der Waals surface area contributed by atoms with Gasteiger partial charge in [0.1, 0.15) is 11.6 Å². The summed E-state index contributed by atoms with van der Waals surface area (Å²) in [7, 11) is 0. The van der Waals surface area contributed by atoms with Crippen molar-refractivity contribution in [3.63, 3.8) is 0 Å². The minimum atomic E-state index is -0.552. The molecule has 1 N–H and O–H groups in total. The Labute approximate surface area is 67.2 Å². The van der Waals surface area contributed by atoms with Gasteiger partial charge in [0.25, 0.3) is 0 Å². The summed E-state index contributed by atoms with van der Waals surface area (Å²) in [6.07, 6.45) is 1.34. The molecular weight excluding hydrogens is 162 g/mol. The minimum Gasteiger partial charge on any atom is -0.278 e. The van der Waals surface area contributed by atoms with E-state index in [-0.39, 0.29) is 5.56 Å². The molecule has 0 atom stereocenters. The van der Waals surface area contributed by atoms with Gasteiger partial charge in [0, 0.05) is 5.56 Å². The summed E-state index contributed by atoms with van der Waals surface area (Å²) in [5.74, 6) is -1.09. The molecule has 0 aliphatic rings. The van der Waals surface area contributed by atoms with E-state index in [1.807, 2.05) is 0 Å². The van der Waals surface area contributed by atoms with Crippen LogP contribution in [0.15, 0.2) is 12.3 Å². The largest absolute Gasteiger partial charge is 0.278 e. The fourth-order valence-corrected chi connectivity index (χ4v) is 1.12. The number of rotatable bonds is 0. The van der Waals surface area contributed by atoms with Crippen LogP contribution in [0, 0.1) is 18.6 Å². The Morgan fingerprint density at radius 1 is 1.42 bits per heavy atom. The lowest BCUT2D eigenvalue weighted by Crippen LogP contribution is -1.88. The maximum Gasteiger partial charge on any atom is 0.140 e. The van der Waals surface area contributed by atoms with Crippen molar-refractivity contribution in [2.75, 3.05) is 0 Å². The van der Waals surface area contributed by atoms with Gasteiger partial charge in [-0.3, -0.25) is 5.10 Å². The van der Waals surface area contributed by atoms with Crippen molar-refractivity contribution in [2.45, 2.75) is 6.92 Å². The second-order valence-electron chi connectivity index (χ2n) is 2.63. The molecule has 1 heterocycles. The molecular formula is C8H6F2N2. The molecule has 2 aromatic rings. The number of H-pyrrole nitrogens is 1. The van der Waals surface area contributed by atoms with Crippen molar-refractivity contribution >= 4 is 10.9 Å². The van der Waals surface area contributed by atoms with Crippen LogP contribution in [0.2, 0.25) is 0 Å². The lowest BCUT2D eigenvalue weighted by atomic mass is 10.1. The average molecular weight is 168 g/mol. The number of aromatic amines is 1. The number of aromatic nitrogens is 2. The van der Waals surface area contributed by atoms with Gasteiger partial charge in [-0.25, -0.2) is 8.78 Å². The van der Waals surface area contributed by atoms with Crippen molar-refractivity contribution in [3.8, 4) is 0 Å². The molecule has 62 valence electrons. The van der Waals surface area contributed by atoms with Gasteiger partial charge < -0.3 is 0 Å². The third kappa shape index (κ3) is 0.809. The topological polar surface area (TPSA) is 28.7 Å². The monoisotopic (exact) mass is 168 g/mol. The lowest BCUT2D eigenvalue weighted by Gasteiger charge is -1.98. The van der Waals surface area contributed by atoms with E-state index in [1.54, 1.807) is 0 Å². The molecule has 0 aliphatic heterocycles. The van der Waals surface area contributed by atoms with Crippen LogP contribution in [0.5, 0.6) is 0 Å². The Morgan fingerprint density at radius 3 is 2.92 bits per heavy atom. The molecule has 0 spiro atoms. The smallest absolute Gasteiger partial charge is 0.140 e. The summed E-state index contributed by atoms with van der Waals surface area (Å²) in [6.45, 7) is 1.40. The quantitative estimate of drug-likeness (QED) is 0.641. The van der Waals surface area contributed by atoms with Gasteiger partial charge in [0.05, 0.1) is 17.1 Å². The van der Waals surface area contributed by atoms with Gasteiger partial charge in [-0.2, -0.15) is 5.10 Å². The second kappa shape index (κ2) is 2.27. The van der Waals surface area contributed by atoms with E-state index in [2.05, 4.69) is 10.2 Å². The molecule has 12 heavy (non-hydrogen) atoms. The molecule has 4 heteroatoms. The van der Waals surface area contributed by atoms with Crippen molar-refractivity contribution < 1.29 is 8.78 Å². The third-order valence-corrected chi connectivity index (χ3v) is 1.86. The lowest BCUT2D eigenvalue weighted by molar-refractivity contribution is 0.577. The van der Waals surface area contributed by atoms with Crippen LogP contribution in [0.1, 0.15) is 5.56 Å². The number of nitrogens with one attached hydrogen (secondary N) is 1. The SMILES string of the molecule is Cc1c(F)cc2[nH]ncc2c1F. The Bertz CT molecular complexity index is 434. The summed E-state index contributed by atoms with van der Waals surface area (Å²) in [4.78, 5) is 0. The molecule has 1 aromatic carbocycles. The van der Waals surface area contributed by atoms with Gasteiger partial charge in [-0.1, -0.05) is 0 Å². The summed E-state index contributed by atoms with van der Waals surface area (Å²) in [5.41, 5.74) is 0.416. The molecule has 1 aromatic heterocycles. The number of nitrogens with zero attached hydrogens (tertiary/aromatic N) is 1. The molecule has 0 unspecified atom stereocenters. The second-order valence-corrected chi connectivity index (χ2v) is 2.63. The van der Waals surface area contributed by atoms with Crippen LogP contribution in [0.25, 0.3) is 10.9 Å². The van der Waals surface area contributed by atoms with Gasteiger partial charge in [-0.15, -0.1) is 0 Å².